The predicted molar refractivity (Wildman–Crippen MR) is 104 cm³/mol. The summed E-state index contributed by atoms with van der Waals surface area (Å²) < 4.78 is 2.14. The lowest BCUT2D eigenvalue weighted by molar-refractivity contribution is -0.126. The van der Waals surface area contributed by atoms with Crippen molar-refractivity contribution in [3.63, 3.8) is 0 Å². The molecule has 1 aromatic heterocycles. The van der Waals surface area contributed by atoms with Gasteiger partial charge in [0.05, 0.1) is 23.7 Å². The van der Waals surface area contributed by atoms with Crippen LogP contribution >= 0.6 is 0 Å². The molecule has 0 aliphatic carbocycles. The van der Waals surface area contributed by atoms with E-state index >= 15 is 0 Å². The quantitative estimate of drug-likeness (QED) is 0.902. The minimum Gasteiger partial charge on any atom is -0.333 e. The highest BCUT2D eigenvalue weighted by molar-refractivity contribution is 6.11. The zero-order valence-electron chi connectivity index (χ0n) is 15.7. The van der Waals surface area contributed by atoms with Crippen molar-refractivity contribution in [3.05, 3.63) is 43.0 Å². The number of hydrogen-bond donors (Lipinski definition) is 1. The molecule has 0 radical (unpaired) electrons. The molecule has 3 unspecified atom stereocenters. The van der Waals surface area contributed by atoms with E-state index in [-0.39, 0.29) is 24.4 Å². The zero-order valence-corrected chi connectivity index (χ0v) is 15.7. The molecule has 2 aliphatic rings. The molecule has 1 saturated heterocycles. The lowest BCUT2D eigenvalue weighted by Gasteiger charge is -2.41. The van der Waals surface area contributed by atoms with Crippen LogP contribution in [0, 0.1) is 5.92 Å². The van der Waals surface area contributed by atoms with E-state index in [1.165, 1.54) is 0 Å². The molecule has 27 heavy (non-hydrogen) atoms. The number of amides is 2. The van der Waals surface area contributed by atoms with Gasteiger partial charge in [-0.25, -0.2) is 4.98 Å². The van der Waals surface area contributed by atoms with Crippen LogP contribution < -0.4 is 10.2 Å². The smallest absolute Gasteiger partial charge is 0.244 e. The molecule has 7 nitrogen and oxygen atoms in total. The highest BCUT2D eigenvalue weighted by Crippen LogP contribution is 2.32. The number of carbonyl (C=O) groups excluding carboxylic acids is 2. The van der Waals surface area contributed by atoms with Crippen LogP contribution in [-0.4, -0.2) is 51.9 Å². The first kappa shape index (κ1) is 17.7. The van der Waals surface area contributed by atoms with Gasteiger partial charge in [-0.15, -0.1) is 0 Å². The van der Waals surface area contributed by atoms with Gasteiger partial charge >= 0.3 is 0 Å². The lowest BCUT2D eigenvalue weighted by Crippen LogP contribution is -2.54. The highest BCUT2D eigenvalue weighted by Gasteiger charge is 2.36. The van der Waals surface area contributed by atoms with Crippen LogP contribution in [0.2, 0.25) is 0 Å². The third-order valence-electron chi connectivity index (χ3n) is 5.80. The third-order valence-corrected chi connectivity index (χ3v) is 5.80. The Labute approximate surface area is 159 Å². The number of fused-ring (bicyclic) bond motifs is 1. The summed E-state index contributed by atoms with van der Waals surface area (Å²) >= 11 is 0. The molecule has 1 aromatic carbocycles. The topological polar surface area (TPSA) is 70.5 Å². The second kappa shape index (κ2) is 7.15. The summed E-state index contributed by atoms with van der Waals surface area (Å²) in [5.74, 6) is 0.341. The number of para-hydroxylation sites is 2. The van der Waals surface area contributed by atoms with Crippen LogP contribution in [0.25, 0.3) is 0 Å². The van der Waals surface area contributed by atoms with Crippen LogP contribution in [0.4, 0.5) is 11.4 Å². The van der Waals surface area contributed by atoms with E-state index in [2.05, 4.69) is 26.7 Å². The van der Waals surface area contributed by atoms with Crippen molar-refractivity contribution in [2.24, 2.45) is 5.92 Å². The van der Waals surface area contributed by atoms with Gasteiger partial charge < -0.3 is 9.88 Å². The molecule has 0 spiro atoms. The summed E-state index contributed by atoms with van der Waals surface area (Å²) in [5, 5.41) is 2.84. The normalized spacial score (nSPS) is 24.2. The van der Waals surface area contributed by atoms with Gasteiger partial charge in [0.25, 0.3) is 0 Å². The molecular formula is C20H25N5O2. The van der Waals surface area contributed by atoms with E-state index in [9.17, 15) is 9.59 Å². The first-order valence-corrected chi connectivity index (χ1v) is 9.46. The number of aromatic nitrogens is 2. The van der Waals surface area contributed by atoms with E-state index < -0.39 is 0 Å². The summed E-state index contributed by atoms with van der Waals surface area (Å²) in [4.78, 5) is 33.3. The average molecular weight is 367 g/mol. The Kier molecular flexibility index (Phi) is 4.70. The van der Waals surface area contributed by atoms with Gasteiger partial charge in [0.1, 0.15) is 6.54 Å². The number of piperidine rings is 1. The second-order valence-electron chi connectivity index (χ2n) is 7.50. The fraction of sp³-hybridized carbons (Fsp3) is 0.450. The maximum Gasteiger partial charge on any atom is 0.244 e. The SMILES string of the molecule is CC1CCN(C(C)C(=O)N2CC(=O)Nc3ccccc32)CC1n1ccnc1. The first-order chi connectivity index (χ1) is 13.0. The number of benzene rings is 1. The number of nitrogens with zero attached hydrogens (tertiary/aromatic N) is 4. The molecular weight excluding hydrogens is 342 g/mol. The second-order valence-corrected chi connectivity index (χ2v) is 7.50. The zero-order chi connectivity index (χ0) is 19.0. The van der Waals surface area contributed by atoms with E-state index in [1.54, 1.807) is 11.1 Å². The number of hydrogen-bond acceptors (Lipinski definition) is 4. The molecule has 1 N–H and O–H groups in total. The predicted octanol–water partition coefficient (Wildman–Crippen LogP) is 2.14. The molecule has 2 aliphatic heterocycles. The van der Waals surface area contributed by atoms with Gasteiger partial charge in [0, 0.05) is 25.0 Å². The average Bonchev–Trinajstić information content (AvgIpc) is 3.21. The van der Waals surface area contributed by atoms with Gasteiger partial charge in [-0.2, -0.15) is 0 Å². The standard InChI is InChI=1S/C20H25N5O2/c1-14-7-9-23(11-18(14)24-10-8-21-13-24)15(2)20(27)25-12-19(26)22-16-5-3-4-6-17(16)25/h3-6,8,10,13-15,18H,7,9,11-12H2,1-2H3,(H,22,26). The summed E-state index contributed by atoms with van der Waals surface area (Å²) in [7, 11) is 0. The fourth-order valence-electron chi connectivity index (χ4n) is 4.09. The van der Waals surface area contributed by atoms with Crippen molar-refractivity contribution >= 4 is 23.2 Å². The Hall–Kier alpha value is -2.67. The molecule has 1 fully saturated rings. The fourth-order valence-corrected chi connectivity index (χ4v) is 4.09. The number of rotatable bonds is 3. The molecule has 142 valence electrons. The number of anilines is 2. The molecule has 2 aromatic rings. The van der Waals surface area contributed by atoms with Crippen LogP contribution in [0.3, 0.4) is 0 Å². The lowest BCUT2D eigenvalue weighted by atomic mass is 9.92. The van der Waals surface area contributed by atoms with E-state index in [1.807, 2.05) is 43.7 Å². The molecule has 7 heteroatoms. The maximum atomic E-state index is 13.3. The summed E-state index contributed by atoms with van der Waals surface area (Å²) in [6, 6.07) is 7.47. The molecule has 0 bridgehead atoms. The van der Waals surface area contributed by atoms with Crippen LogP contribution in [-0.2, 0) is 9.59 Å². The van der Waals surface area contributed by atoms with Gasteiger partial charge in [0.2, 0.25) is 11.8 Å². The summed E-state index contributed by atoms with van der Waals surface area (Å²) in [6.07, 6.45) is 6.66. The molecule has 2 amide bonds. The Morgan fingerprint density at radius 2 is 2.15 bits per heavy atom. The van der Waals surface area contributed by atoms with Gasteiger partial charge in [-0.05, 0) is 37.9 Å². The van der Waals surface area contributed by atoms with Crippen LogP contribution in [0.1, 0.15) is 26.3 Å². The Morgan fingerprint density at radius 3 is 2.93 bits per heavy atom. The van der Waals surface area contributed by atoms with Crippen molar-refractivity contribution < 1.29 is 9.59 Å². The third kappa shape index (κ3) is 3.35. The highest BCUT2D eigenvalue weighted by atomic mass is 16.2. The van der Waals surface area contributed by atoms with Crippen molar-refractivity contribution in [1.82, 2.24) is 14.5 Å². The largest absolute Gasteiger partial charge is 0.333 e. The van der Waals surface area contributed by atoms with E-state index in [4.69, 9.17) is 0 Å². The van der Waals surface area contributed by atoms with Gasteiger partial charge in [0.15, 0.2) is 0 Å². The summed E-state index contributed by atoms with van der Waals surface area (Å²) in [5.41, 5.74) is 1.46. The molecule has 4 rings (SSSR count). The Bertz CT molecular complexity index is 835. The van der Waals surface area contributed by atoms with Gasteiger partial charge in [-0.3, -0.25) is 19.4 Å². The minimum absolute atomic E-state index is 0.0313. The Balaban J connectivity index is 1.53. The van der Waals surface area contributed by atoms with E-state index in [0.717, 1.165) is 25.2 Å². The number of likely N-dealkylation sites (tertiary alicyclic amines) is 1. The molecule has 3 heterocycles. The molecule has 3 atom stereocenters. The van der Waals surface area contributed by atoms with Crippen molar-refractivity contribution in [2.75, 3.05) is 29.9 Å². The maximum absolute atomic E-state index is 13.3. The van der Waals surface area contributed by atoms with E-state index in [0.29, 0.717) is 17.6 Å². The number of imidazole rings is 1. The Morgan fingerprint density at radius 1 is 1.33 bits per heavy atom. The van der Waals surface area contributed by atoms with Crippen molar-refractivity contribution in [1.29, 1.82) is 0 Å². The first-order valence-electron chi connectivity index (χ1n) is 9.46. The number of carbonyl (C=O) groups is 2. The van der Waals surface area contributed by atoms with Crippen molar-refractivity contribution in [3.8, 4) is 0 Å². The van der Waals surface area contributed by atoms with Crippen LogP contribution in [0.15, 0.2) is 43.0 Å². The molecule has 0 saturated carbocycles. The number of nitrogens with one attached hydrogen (secondary N) is 1. The van der Waals surface area contributed by atoms with Crippen molar-refractivity contribution in [2.45, 2.75) is 32.4 Å². The summed E-state index contributed by atoms with van der Waals surface area (Å²) in [6.45, 7) is 5.93. The van der Waals surface area contributed by atoms with Crippen LogP contribution in [0.5, 0.6) is 0 Å². The van der Waals surface area contributed by atoms with Gasteiger partial charge in [-0.1, -0.05) is 19.1 Å². The minimum atomic E-state index is -0.289. The monoisotopic (exact) mass is 367 g/mol.